The van der Waals surface area contributed by atoms with Gasteiger partial charge in [0.05, 0.1) is 13.4 Å². The van der Waals surface area contributed by atoms with Crippen molar-refractivity contribution in [2.24, 2.45) is 0 Å². The van der Waals surface area contributed by atoms with Crippen molar-refractivity contribution in [3.8, 4) is 17.1 Å². The maximum absolute atomic E-state index is 5.90. The van der Waals surface area contributed by atoms with E-state index in [1.165, 1.54) is 38.4 Å². The molecule has 0 spiro atoms. The number of fused-ring (bicyclic) bond motifs is 1. The molecule has 9 nitrogen and oxygen atoms in total. The van der Waals surface area contributed by atoms with Crippen molar-refractivity contribution >= 4 is 28.7 Å². The fourth-order valence-corrected chi connectivity index (χ4v) is 5.37. The first-order valence-corrected chi connectivity index (χ1v) is 12.4. The molecule has 0 aliphatic heterocycles. The van der Waals surface area contributed by atoms with Crippen molar-refractivity contribution < 1.29 is 4.74 Å². The lowest BCUT2D eigenvalue weighted by Gasteiger charge is -2.25. The van der Waals surface area contributed by atoms with Gasteiger partial charge in [-0.3, -0.25) is 4.57 Å². The lowest BCUT2D eigenvalue weighted by Crippen LogP contribution is -2.15. The summed E-state index contributed by atoms with van der Waals surface area (Å²) in [6.07, 6.45) is 10.4. The van der Waals surface area contributed by atoms with Gasteiger partial charge in [0.25, 0.3) is 0 Å². The Balaban J connectivity index is 1.31. The van der Waals surface area contributed by atoms with Crippen LogP contribution in [0.2, 0.25) is 0 Å². The van der Waals surface area contributed by atoms with Crippen LogP contribution in [0.4, 0.5) is 5.82 Å². The molecule has 3 aromatic heterocycles. The Morgan fingerprint density at radius 3 is 2.67 bits per heavy atom. The number of hydrogen-bond donors (Lipinski definition) is 1. The molecule has 0 bridgehead atoms. The molecule has 1 fully saturated rings. The van der Waals surface area contributed by atoms with E-state index in [1.807, 2.05) is 16.7 Å². The summed E-state index contributed by atoms with van der Waals surface area (Å²) in [5.74, 6) is 3.13. The Labute approximate surface area is 196 Å². The first kappa shape index (κ1) is 21.7. The molecule has 0 unspecified atom stereocenters. The number of anilines is 1. The quantitative estimate of drug-likeness (QED) is 0.302. The number of nitrogens with two attached hydrogens (primary N) is 1. The number of aryl methyl sites for hydroxylation is 1. The second-order valence-electron chi connectivity index (χ2n) is 8.27. The summed E-state index contributed by atoms with van der Waals surface area (Å²) in [4.78, 5) is 12.7. The average molecular weight is 465 g/mol. The summed E-state index contributed by atoms with van der Waals surface area (Å²) in [6.45, 7) is 0.808. The number of rotatable bonds is 8. The van der Waals surface area contributed by atoms with Crippen LogP contribution in [0.1, 0.15) is 44.6 Å². The minimum absolute atomic E-state index is 0.416. The van der Waals surface area contributed by atoms with E-state index in [0.29, 0.717) is 17.4 Å². The highest BCUT2D eigenvalue weighted by Gasteiger charge is 2.24. The monoisotopic (exact) mass is 464 g/mol. The molecule has 4 aromatic rings. The molecule has 10 heteroatoms. The largest absolute Gasteiger partial charge is 0.497 e. The van der Waals surface area contributed by atoms with Crippen LogP contribution < -0.4 is 10.5 Å². The van der Waals surface area contributed by atoms with Crippen molar-refractivity contribution in [3.05, 3.63) is 36.9 Å². The Morgan fingerprint density at radius 1 is 1.06 bits per heavy atom. The Morgan fingerprint density at radius 2 is 1.88 bits per heavy atom. The number of nitrogens with zero attached hydrogens (tertiary/aromatic N) is 7. The van der Waals surface area contributed by atoms with Crippen molar-refractivity contribution in [3.63, 3.8) is 0 Å². The zero-order chi connectivity index (χ0) is 22.6. The second kappa shape index (κ2) is 9.78. The normalized spacial score (nSPS) is 14.7. The lowest BCUT2D eigenvalue weighted by molar-refractivity contribution is 0.339. The highest BCUT2D eigenvalue weighted by Crippen LogP contribution is 2.36. The van der Waals surface area contributed by atoms with E-state index < -0.39 is 0 Å². The number of ether oxygens (including phenoxy) is 1. The molecule has 1 saturated carbocycles. The Hall–Kier alpha value is -3.14. The fourth-order valence-electron chi connectivity index (χ4n) is 4.44. The smallest absolute Gasteiger partial charge is 0.191 e. The standard InChI is InChI=1S/C23H28N8OS/c1-32-18-10-8-16(9-11-18)21-28-29-23(31(21)17-6-3-2-4-7-17)33-13-5-12-30-15-27-19-20(24)25-14-26-22(19)30/h8-11,14-15,17H,2-7,12-13H2,1H3,(H2,24,25,26). The maximum atomic E-state index is 5.90. The van der Waals surface area contributed by atoms with Crippen LogP contribution in [-0.2, 0) is 6.54 Å². The molecule has 2 N–H and O–H groups in total. The number of thioether (sulfide) groups is 1. The Kier molecular flexibility index (Phi) is 6.43. The van der Waals surface area contributed by atoms with Gasteiger partial charge < -0.3 is 15.0 Å². The summed E-state index contributed by atoms with van der Waals surface area (Å²) in [7, 11) is 1.68. The van der Waals surface area contributed by atoms with E-state index in [0.717, 1.165) is 46.7 Å². The zero-order valence-corrected chi connectivity index (χ0v) is 19.5. The molecule has 5 rings (SSSR count). The van der Waals surface area contributed by atoms with Gasteiger partial charge in [-0.1, -0.05) is 31.0 Å². The molecule has 0 atom stereocenters. The zero-order valence-electron chi connectivity index (χ0n) is 18.7. The van der Waals surface area contributed by atoms with Gasteiger partial charge in [-0.2, -0.15) is 0 Å². The highest BCUT2D eigenvalue weighted by molar-refractivity contribution is 7.99. The van der Waals surface area contributed by atoms with Crippen LogP contribution in [0.15, 0.2) is 42.1 Å². The van der Waals surface area contributed by atoms with Gasteiger partial charge in [0, 0.05) is 23.9 Å². The number of methoxy groups -OCH3 is 1. The third-order valence-corrected chi connectivity index (χ3v) is 7.19. The van der Waals surface area contributed by atoms with Gasteiger partial charge in [-0.15, -0.1) is 10.2 Å². The molecule has 33 heavy (non-hydrogen) atoms. The van der Waals surface area contributed by atoms with Crippen LogP contribution in [0, 0.1) is 0 Å². The predicted octanol–water partition coefficient (Wildman–Crippen LogP) is 4.36. The lowest BCUT2D eigenvalue weighted by atomic mass is 9.95. The fraction of sp³-hybridized carbons (Fsp3) is 0.435. The van der Waals surface area contributed by atoms with Gasteiger partial charge in [0.15, 0.2) is 22.4 Å². The van der Waals surface area contributed by atoms with Crippen molar-refractivity contribution in [2.75, 3.05) is 18.6 Å². The minimum Gasteiger partial charge on any atom is -0.497 e. The molecule has 1 aliphatic carbocycles. The summed E-state index contributed by atoms with van der Waals surface area (Å²) < 4.78 is 9.72. The van der Waals surface area contributed by atoms with E-state index in [-0.39, 0.29) is 0 Å². The summed E-state index contributed by atoms with van der Waals surface area (Å²) in [5, 5.41) is 10.2. The molecular formula is C23H28N8OS. The molecule has 1 aliphatic rings. The first-order chi connectivity index (χ1) is 16.2. The van der Waals surface area contributed by atoms with Crippen LogP contribution >= 0.6 is 11.8 Å². The second-order valence-corrected chi connectivity index (χ2v) is 9.33. The van der Waals surface area contributed by atoms with Crippen molar-refractivity contribution in [1.82, 2.24) is 34.3 Å². The highest BCUT2D eigenvalue weighted by atomic mass is 32.2. The Bertz CT molecular complexity index is 1210. The number of nitrogen functional groups attached to an aromatic ring is 1. The molecule has 172 valence electrons. The molecule has 3 heterocycles. The van der Waals surface area contributed by atoms with E-state index in [9.17, 15) is 0 Å². The van der Waals surface area contributed by atoms with Crippen LogP contribution in [0.25, 0.3) is 22.6 Å². The van der Waals surface area contributed by atoms with Crippen LogP contribution in [-0.4, -0.2) is 47.1 Å². The number of hydrogen-bond acceptors (Lipinski definition) is 8. The summed E-state index contributed by atoms with van der Waals surface area (Å²) in [6, 6.07) is 8.54. The van der Waals surface area contributed by atoms with Gasteiger partial charge in [-0.05, 0) is 43.5 Å². The van der Waals surface area contributed by atoms with Gasteiger partial charge in [-0.25, -0.2) is 15.0 Å². The number of benzene rings is 1. The number of imidazole rings is 1. The molecule has 0 radical (unpaired) electrons. The van der Waals surface area contributed by atoms with Crippen LogP contribution in [0.3, 0.4) is 0 Å². The van der Waals surface area contributed by atoms with E-state index in [4.69, 9.17) is 10.5 Å². The maximum Gasteiger partial charge on any atom is 0.191 e. The average Bonchev–Trinajstić information content (AvgIpc) is 3.48. The summed E-state index contributed by atoms with van der Waals surface area (Å²) in [5.41, 5.74) is 8.41. The SMILES string of the molecule is COc1ccc(-c2nnc(SCCCn3cnc4c(N)ncnc43)n2C2CCCCC2)cc1. The third-order valence-electron chi connectivity index (χ3n) is 6.16. The van der Waals surface area contributed by atoms with Crippen molar-refractivity contribution in [1.29, 1.82) is 0 Å². The topological polar surface area (TPSA) is 110 Å². The van der Waals surface area contributed by atoms with Gasteiger partial charge >= 0.3 is 0 Å². The van der Waals surface area contributed by atoms with E-state index >= 15 is 0 Å². The van der Waals surface area contributed by atoms with E-state index in [2.05, 4.69) is 41.8 Å². The number of aromatic nitrogens is 7. The first-order valence-electron chi connectivity index (χ1n) is 11.4. The molecule has 1 aromatic carbocycles. The summed E-state index contributed by atoms with van der Waals surface area (Å²) >= 11 is 1.77. The van der Waals surface area contributed by atoms with Crippen molar-refractivity contribution in [2.45, 2.75) is 56.3 Å². The van der Waals surface area contributed by atoms with Gasteiger partial charge in [0.1, 0.15) is 17.6 Å². The van der Waals surface area contributed by atoms with Crippen LogP contribution in [0.5, 0.6) is 5.75 Å². The van der Waals surface area contributed by atoms with E-state index in [1.54, 1.807) is 25.2 Å². The predicted molar refractivity (Wildman–Crippen MR) is 129 cm³/mol. The molecular weight excluding hydrogens is 436 g/mol. The molecule has 0 amide bonds. The minimum atomic E-state index is 0.416. The van der Waals surface area contributed by atoms with Gasteiger partial charge in [0.2, 0.25) is 0 Å². The molecule has 0 saturated heterocycles. The third kappa shape index (κ3) is 4.52.